The van der Waals surface area contributed by atoms with Crippen LogP contribution in [0.15, 0.2) is 47.6 Å². The van der Waals surface area contributed by atoms with Gasteiger partial charge in [-0.2, -0.15) is 0 Å². The highest BCUT2D eigenvalue weighted by Crippen LogP contribution is 2.37. The topological polar surface area (TPSA) is 35.5 Å². The molecule has 1 heterocycles. The van der Waals surface area contributed by atoms with Crippen molar-refractivity contribution in [2.75, 3.05) is 6.61 Å². The second kappa shape index (κ2) is 6.93. The Bertz CT molecular complexity index is 609. The third-order valence-corrected chi connectivity index (χ3v) is 3.81. The monoisotopic (exact) mass is 300 g/mol. The van der Waals surface area contributed by atoms with Gasteiger partial charge in [0.25, 0.3) is 0 Å². The third-order valence-electron chi connectivity index (χ3n) is 3.81. The summed E-state index contributed by atoms with van der Waals surface area (Å²) < 4.78 is 11.3. The molecule has 0 spiro atoms. The van der Waals surface area contributed by atoms with Gasteiger partial charge in [0.05, 0.1) is 12.2 Å². The normalized spacial score (nSPS) is 20.5. The lowest BCUT2D eigenvalue weighted by Crippen LogP contribution is -2.26. The molecular formula is C19H24O3. The minimum Gasteiger partial charge on any atom is -0.425 e. The molecule has 0 radical (unpaired) electrons. The molecule has 118 valence electrons. The molecule has 0 bridgehead atoms. The van der Waals surface area contributed by atoms with Crippen LogP contribution >= 0.6 is 0 Å². The number of ether oxygens (including phenoxy) is 2. The van der Waals surface area contributed by atoms with Crippen molar-refractivity contribution in [1.29, 1.82) is 0 Å². The lowest BCUT2D eigenvalue weighted by atomic mass is 10.0. The van der Waals surface area contributed by atoms with Crippen LogP contribution in [-0.2, 0) is 15.3 Å². The van der Waals surface area contributed by atoms with Gasteiger partial charge >= 0.3 is 5.97 Å². The van der Waals surface area contributed by atoms with Crippen LogP contribution in [0, 0.1) is 0 Å². The standard InChI is InChI=1S/C19H24O3/c1-14(2)8-7-9-15(3)12-13-21-19(4)17-11-6-5-10-16(17)18(20)22-19/h5-6,8,10-12H,7,9,13H2,1-4H3/b15-12+. The molecule has 22 heavy (non-hydrogen) atoms. The number of hydrogen-bond donors (Lipinski definition) is 0. The maximum absolute atomic E-state index is 11.9. The molecule has 0 amide bonds. The maximum atomic E-state index is 11.9. The first-order valence-electron chi connectivity index (χ1n) is 7.68. The SMILES string of the molecule is CC(C)=CCC/C(C)=C/COC1(C)OC(=O)c2ccccc21. The summed E-state index contributed by atoms with van der Waals surface area (Å²) in [7, 11) is 0. The van der Waals surface area contributed by atoms with E-state index in [0.717, 1.165) is 18.4 Å². The summed E-state index contributed by atoms with van der Waals surface area (Å²) in [5.74, 6) is -1.30. The Labute approximate surface area is 132 Å². The molecule has 0 aromatic heterocycles. The molecule has 0 fully saturated rings. The minimum atomic E-state index is -0.982. The van der Waals surface area contributed by atoms with Crippen molar-refractivity contribution in [3.05, 3.63) is 58.7 Å². The number of esters is 1. The van der Waals surface area contributed by atoms with E-state index < -0.39 is 5.79 Å². The predicted octanol–water partition coefficient (Wildman–Crippen LogP) is 4.74. The minimum absolute atomic E-state index is 0.317. The van der Waals surface area contributed by atoms with Gasteiger partial charge in [-0.3, -0.25) is 0 Å². The summed E-state index contributed by atoms with van der Waals surface area (Å²) >= 11 is 0. The zero-order chi connectivity index (χ0) is 16.2. The van der Waals surface area contributed by atoms with Crippen LogP contribution in [0.2, 0.25) is 0 Å². The Hall–Kier alpha value is -1.87. The number of fused-ring (bicyclic) bond motifs is 1. The molecule has 1 aromatic carbocycles. The highest BCUT2D eigenvalue weighted by Gasteiger charge is 2.42. The van der Waals surface area contributed by atoms with Crippen LogP contribution < -0.4 is 0 Å². The Morgan fingerprint density at radius 1 is 1.23 bits per heavy atom. The number of carbonyl (C=O) groups excluding carboxylic acids is 1. The Kier molecular flexibility index (Phi) is 5.19. The fraction of sp³-hybridized carbons (Fsp3) is 0.421. The van der Waals surface area contributed by atoms with Crippen LogP contribution in [0.5, 0.6) is 0 Å². The highest BCUT2D eigenvalue weighted by atomic mass is 16.7. The second-order valence-corrected chi connectivity index (χ2v) is 6.06. The number of rotatable bonds is 6. The molecule has 0 aliphatic carbocycles. The summed E-state index contributed by atoms with van der Waals surface area (Å²) in [6.07, 6.45) is 6.34. The van der Waals surface area contributed by atoms with Crippen molar-refractivity contribution in [3.63, 3.8) is 0 Å². The van der Waals surface area contributed by atoms with Crippen molar-refractivity contribution in [1.82, 2.24) is 0 Å². The van der Waals surface area contributed by atoms with Crippen LogP contribution in [0.25, 0.3) is 0 Å². The van der Waals surface area contributed by atoms with E-state index in [1.165, 1.54) is 11.1 Å². The van der Waals surface area contributed by atoms with Gasteiger partial charge < -0.3 is 9.47 Å². The second-order valence-electron chi connectivity index (χ2n) is 6.06. The average molecular weight is 300 g/mol. The molecule has 3 nitrogen and oxygen atoms in total. The number of cyclic esters (lactones) is 1. The molecule has 0 saturated heterocycles. The number of allylic oxidation sites excluding steroid dienone is 3. The van der Waals surface area contributed by atoms with Crippen molar-refractivity contribution in [3.8, 4) is 0 Å². The molecule has 1 aliphatic heterocycles. The Morgan fingerprint density at radius 2 is 1.95 bits per heavy atom. The van der Waals surface area contributed by atoms with Gasteiger partial charge in [0.15, 0.2) is 0 Å². The van der Waals surface area contributed by atoms with Crippen molar-refractivity contribution in [2.45, 2.75) is 46.3 Å². The molecule has 1 atom stereocenters. The summed E-state index contributed by atoms with van der Waals surface area (Å²) in [6, 6.07) is 7.38. The largest absolute Gasteiger partial charge is 0.425 e. The lowest BCUT2D eigenvalue weighted by Gasteiger charge is -2.23. The lowest BCUT2D eigenvalue weighted by molar-refractivity contribution is -0.183. The van der Waals surface area contributed by atoms with Gasteiger partial charge in [-0.1, -0.05) is 41.5 Å². The van der Waals surface area contributed by atoms with Crippen molar-refractivity contribution in [2.24, 2.45) is 0 Å². The van der Waals surface area contributed by atoms with Crippen LogP contribution in [0.1, 0.15) is 56.5 Å². The zero-order valence-electron chi connectivity index (χ0n) is 13.8. The number of carbonyl (C=O) groups is 1. The van der Waals surface area contributed by atoms with Crippen molar-refractivity contribution < 1.29 is 14.3 Å². The Balaban J connectivity index is 1.95. The van der Waals surface area contributed by atoms with Gasteiger partial charge in [0, 0.05) is 12.5 Å². The van der Waals surface area contributed by atoms with E-state index in [2.05, 4.69) is 32.9 Å². The van der Waals surface area contributed by atoms with Gasteiger partial charge in [0.2, 0.25) is 5.79 Å². The van der Waals surface area contributed by atoms with E-state index >= 15 is 0 Å². The van der Waals surface area contributed by atoms with Crippen LogP contribution in [0.4, 0.5) is 0 Å². The molecule has 1 unspecified atom stereocenters. The summed E-state index contributed by atoms with van der Waals surface area (Å²) in [5.41, 5.74) is 4.01. The van der Waals surface area contributed by atoms with Crippen LogP contribution in [0.3, 0.4) is 0 Å². The fourth-order valence-electron chi connectivity index (χ4n) is 2.48. The van der Waals surface area contributed by atoms with Gasteiger partial charge in [-0.15, -0.1) is 0 Å². The van der Waals surface area contributed by atoms with Gasteiger partial charge in [-0.25, -0.2) is 4.79 Å². The van der Waals surface area contributed by atoms with E-state index in [4.69, 9.17) is 9.47 Å². The molecule has 2 rings (SSSR count). The molecule has 3 heteroatoms. The molecule has 1 aliphatic rings. The first kappa shape index (κ1) is 16.5. The first-order valence-corrected chi connectivity index (χ1v) is 7.68. The van der Waals surface area contributed by atoms with E-state index in [0.29, 0.717) is 12.2 Å². The van der Waals surface area contributed by atoms with E-state index in [-0.39, 0.29) is 5.97 Å². The van der Waals surface area contributed by atoms with E-state index in [1.54, 1.807) is 13.0 Å². The molecule has 0 N–H and O–H groups in total. The van der Waals surface area contributed by atoms with E-state index in [1.807, 2.05) is 18.2 Å². The van der Waals surface area contributed by atoms with Crippen molar-refractivity contribution >= 4 is 5.97 Å². The molecular weight excluding hydrogens is 276 g/mol. The average Bonchev–Trinajstić information content (AvgIpc) is 2.71. The maximum Gasteiger partial charge on any atom is 0.341 e. The summed E-state index contributed by atoms with van der Waals surface area (Å²) in [6.45, 7) is 8.53. The molecule has 1 aromatic rings. The number of hydrogen-bond acceptors (Lipinski definition) is 3. The summed E-state index contributed by atoms with van der Waals surface area (Å²) in [4.78, 5) is 11.9. The summed E-state index contributed by atoms with van der Waals surface area (Å²) in [5, 5.41) is 0. The Morgan fingerprint density at radius 3 is 2.68 bits per heavy atom. The third kappa shape index (κ3) is 3.86. The van der Waals surface area contributed by atoms with Gasteiger partial charge in [-0.05, 0) is 39.7 Å². The molecule has 0 saturated carbocycles. The van der Waals surface area contributed by atoms with E-state index in [9.17, 15) is 4.79 Å². The predicted molar refractivity (Wildman–Crippen MR) is 87.6 cm³/mol. The quantitative estimate of drug-likeness (QED) is 0.562. The number of benzene rings is 1. The van der Waals surface area contributed by atoms with Gasteiger partial charge in [0.1, 0.15) is 0 Å². The first-order chi connectivity index (χ1) is 10.4. The smallest absolute Gasteiger partial charge is 0.341 e. The van der Waals surface area contributed by atoms with Crippen LogP contribution in [-0.4, -0.2) is 12.6 Å². The zero-order valence-corrected chi connectivity index (χ0v) is 13.8. The highest BCUT2D eigenvalue weighted by molar-refractivity contribution is 5.94. The fourth-order valence-corrected chi connectivity index (χ4v) is 2.48.